The van der Waals surface area contributed by atoms with Crippen LogP contribution in [0.15, 0.2) is 36.5 Å². The molecule has 3 aromatic rings. The minimum atomic E-state index is -0.395. The van der Waals surface area contributed by atoms with E-state index >= 15 is 0 Å². The van der Waals surface area contributed by atoms with Crippen LogP contribution in [0.3, 0.4) is 0 Å². The number of rotatable bonds is 6. The van der Waals surface area contributed by atoms with Crippen molar-refractivity contribution in [2.75, 3.05) is 13.2 Å². The molecule has 1 saturated carbocycles. The lowest BCUT2D eigenvalue weighted by atomic mass is 10.0. The van der Waals surface area contributed by atoms with Gasteiger partial charge in [0.1, 0.15) is 23.7 Å². The van der Waals surface area contributed by atoms with Gasteiger partial charge >= 0.3 is 0 Å². The van der Waals surface area contributed by atoms with Crippen molar-refractivity contribution in [1.29, 1.82) is 0 Å². The van der Waals surface area contributed by atoms with Crippen LogP contribution in [0.25, 0.3) is 5.65 Å². The van der Waals surface area contributed by atoms with Gasteiger partial charge in [0.15, 0.2) is 11.4 Å². The maximum Gasteiger partial charge on any atom is 0.270 e. The average molecular weight is 447 g/mol. The van der Waals surface area contributed by atoms with E-state index in [-0.39, 0.29) is 36.2 Å². The molecule has 2 N–H and O–H groups in total. The lowest BCUT2D eigenvalue weighted by molar-refractivity contribution is -0.121. The number of ether oxygens (including phenoxy) is 1. The van der Waals surface area contributed by atoms with Crippen LogP contribution in [0, 0.1) is 5.92 Å². The molecule has 0 saturated heterocycles. The summed E-state index contributed by atoms with van der Waals surface area (Å²) in [5.41, 5.74) is 2.51. The van der Waals surface area contributed by atoms with Crippen LogP contribution >= 0.6 is 0 Å². The number of fused-ring (bicyclic) bond motifs is 2. The van der Waals surface area contributed by atoms with E-state index in [9.17, 15) is 14.4 Å². The Balaban J connectivity index is 1.30. The SMILES string of the molecule is O=C1COc2ccc(CNC(=O)c3cc(C(=O)NCC4CCCC4)n4nccc4n3)cc2C1. The third-order valence-electron chi connectivity index (χ3n) is 6.20. The molecule has 1 aromatic carbocycles. The summed E-state index contributed by atoms with van der Waals surface area (Å²) in [7, 11) is 0. The van der Waals surface area contributed by atoms with Crippen molar-refractivity contribution in [3.63, 3.8) is 0 Å². The zero-order chi connectivity index (χ0) is 22.8. The van der Waals surface area contributed by atoms with Crippen molar-refractivity contribution in [1.82, 2.24) is 25.2 Å². The fraction of sp³-hybridized carbons (Fsp3) is 0.375. The quantitative estimate of drug-likeness (QED) is 0.598. The fourth-order valence-electron chi connectivity index (χ4n) is 4.45. The van der Waals surface area contributed by atoms with E-state index in [0.717, 1.165) is 24.0 Å². The van der Waals surface area contributed by atoms with E-state index in [2.05, 4.69) is 20.7 Å². The number of hydrogen-bond donors (Lipinski definition) is 2. The Morgan fingerprint density at radius 1 is 1.09 bits per heavy atom. The van der Waals surface area contributed by atoms with Gasteiger partial charge in [0.2, 0.25) is 0 Å². The zero-order valence-electron chi connectivity index (χ0n) is 18.2. The summed E-state index contributed by atoms with van der Waals surface area (Å²) < 4.78 is 6.86. The molecular weight excluding hydrogens is 422 g/mol. The molecular formula is C24H25N5O4. The Bertz CT molecular complexity index is 1230. The topological polar surface area (TPSA) is 115 Å². The van der Waals surface area contributed by atoms with E-state index in [1.54, 1.807) is 12.3 Å². The van der Waals surface area contributed by atoms with Crippen LogP contribution in [-0.2, 0) is 17.8 Å². The first-order valence-electron chi connectivity index (χ1n) is 11.2. The third kappa shape index (κ3) is 4.57. The minimum Gasteiger partial charge on any atom is -0.486 e. The van der Waals surface area contributed by atoms with Gasteiger partial charge in [-0.1, -0.05) is 18.9 Å². The number of nitrogens with one attached hydrogen (secondary N) is 2. The number of nitrogens with zero attached hydrogens (tertiary/aromatic N) is 3. The Morgan fingerprint density at radius 3 is 2.79 bits per heavy atom. The fourth-order valence-corrected chi connectivity index (χ4v) is 4.45. The molecule has 2 amide bonds. The van der Waals surface area contributed by atoms with Gasteiger partial charge in [0, 0.05) is 37.2 Å². The van der Waals surface area contributed by atoms with Crippen LogP contribution < -0.4 is 15.4 Å². The Morgan fingerprint density at radius 2 is 1.94 bits per heavy atom. The number of ketones is 1. The summed E-state index contributed by atoms with van der Waals surface area (Å²) in [5, 5.41) is 10.0. The predicted octanol–water partition coefficient (Wildman–Crippen LogP) is 2.08. The number of benzene rings is 1. The highest BCUT2D eigenvalue weighted by Crippen LogP contribution is 2.25. The maximum absolute atomic E-state index is 12.9. The first-order valence-corrected chi connectivity index (χ1v) is 11.2. The van der Waals surface area contributed by atoms with Gasteiger partial charge in [-0.25, -0.2) is 9.50 Å². The van der Waals surface area contributed by atoms with E-state index in [0.29, 0.717) is 30.3 Å². The molecule has 0 radical (unpaired) electrons. The Labute approximate surface area is 190 Å². The molecule has 9 heteroatoms. The van der Waals surface area contributed by atoms with Gasteiger partial charge in [-0.05, 0) is 36.5 Å². The average Bonchev–Trinajstić information content (AvgIpc) is 3.52. The van der Waals surface area contributed by atoms with Gasteiger partial charge in [-0.3, -0.25) is 14.4 Å². The molecule has 0 unspecified atom stereocenters. The molecule has 1 aliphatic carbocycles. The minimum absolute atomic E-state index is 0.0285. The number of aromatic nitrogens is 3. The van der Waals surface area contributed by atoms with Crippen LogP contribution in [0.4, 0.5) is 0 Å². The molecule has 2 aliphatic rings. The highest BCUT2D eigenvalue weighted by molar-refractivity contribution is 5.98. The normalized spacial score (nSPS) is 15.8. The summed E-state index contributed by atoms with van der Waals surface area (Å²) in [6, 6.07) is 8.66. The molecule has 0 bridgehead atoms. The molecule has 170 valence electrons. The van der Waals surface area contributed by atoms with Gasteiger partial charge in [-0.2, -0.15) is 5.10 Å². The smallest absolute Gasteiger partial charge is 0.270 e. The largest absolute Gasteiger partial charge is 0.486 e. The van der Waals surface area contributed by atoms with Crippen LogP contribution in [-0.4, -0.2) is 45.3 Å². The molecule has 1 fully saturated rings. The monoisotopic (exact) mass is 447 g/mol. The number of carbonyl (C=O) groups is 3. The number of hydrogen-bond acceptors (Lipinski definition) is 6. The first kappa shape index (κ1) is 21.1. The van der Waals surface area contributed by atoms with Crippen LogP contribution in [0.2, 0.25) is 0 Å². The third-order valence-corrected chi connectivity index (χ3v) is 6.20. The van der Waals surface area contributed by atoms with Gasteiger partial charge < -0.3 is 15.4 Å². The summed E-state index contributed by atoms with van der Waals surface area (Å²) in [5.74, 6) is 0.565. The van der Waals surface area contributed by atoms with E-state index < -0.39 is 5.91 Å². The molecule has 9 nitrogen and oxygen atoms in total. The molecule has 33 heavy (non-hydrogen) atoms. The summed E-state index contributed by atoms with van der Waals surface area (Å²) >= 11 is 0. The first-order chi connectivity index (χ1) is 16.1. The Hall–Kier alpha value is -3.75. The van der Waals surface area contributed by atoms with Crippen molar-refractivity contribution in [2.24, 2.45) is 5.92 Å². The molecule has 0 atom stereocenters. The van der Waals surface area contributed by atoms with E-state index in [1.165, 1.54) is 23.4 Å². The van der Waals surface area contributed by atoms with Gasteiger partial charge in [0.05, 0.1) is 6.20 Å². The second kappa shape index (κ2) is 9.01. The molecule has 1 aliphatic heterocycles. The Kier molecular flexibility index (Phi) is 5.77. The van der Waals surface area contributed by atoms with Crippen LogP contribution in [0.5, 0.6) is 5.75 Å². The number of carbonyl (C=O) groups excluding carboxylic acids is 3. The molecule has 2 aromatic heterocycles. The van der Waals surface area contributed by atoms with Crippen molar-refractivity contribution in [3.05, 3.63) is 59.0 Å². The van der Waals surface area contributed by atoms with Crippen LogP contribution in [0.1, 0.15) is 57.8 Å². The lowest BCUT2D eigenvalue weighted by Crippen LogP contribution is -2.31. The molecule has 0 spiro atoms. The number of Topliss-reactive ketones (excluding diaryl/α,β-unsaturated/α-hetero) is 1. The molecule has 3 heterocycles. The zero-order valence-corrected chi connectivity index (χ0v) is 18.2. The number of amides is 2. The van der Waals surface area contributed by atoms with Gasteiger partial charge in [0.25, 0.3) is 11.8 Å². The maximum atomic E-state index is 12.9. The second-order valence-corrected chi connectivity index (χ2v) is 8.62. The highest BCUT2D eigenvalue weighted by Gasteiger charge is 2.21. The molecule has 5 rings (SSSR count). The van der Waals surface area contributed by atoms with Crippen molar-refractivity contribution in [3.8, 4) is 5.75 Å². The van der Waals surface area contributed by atoms with E-state index in [4.69, 9.17) is 4.74 Å². The lowest BCUT2D eigenvalue weighted by Gasteiger charge is -2.17. The van der Waals surface area contributed by atoms with Crippen molar-refractivity contribution < 1.29 is 19.1 Å². The summed E-state index contributed by atoms with van der Waals surface area (Å²) in [6.45, 7) is 0.980. The standard InChI is InChI=1S/C24H25N5O4/c30-18-10-17-9-16(5-6-21(17)33-14-18)13-25-23(31)19-11-20(29-22(28-19)7-8-27-29)24(32)26-12-15-3-1-2-4-15/h5-9,11,15H,1-4,10,12-14H2,(H,25,31)(H,26,32). The van der Waals surface area contributed by atoms with E-state index in [1.807, 2.05) is 18.2 Å². The van der Waals surface area contributed by atoms with Gasteiger partial charge in [-0.15, -0.1) is 0 Å². The van der Waals surface area contributed by atoms with Crippen molar-refractivity contribution >= 4 is 23.2 Å². The van der Waals surface area contributed by atoms with Crippen molar-refractivity contribution in [2.45, 2.75) is 38.6 Å². The highest BCUT2D eigenvalue weighted by atomic mass is 16.5. The summed E-state index contributed by atoms with van der Waals surface area (Å²) in [4.78, 5) is 41.7. The second-order valence-electron chi connectivity index (χ2n) is 8.62. The predicted molar refractivity (Wildman–Crippen MR) is 119 cm³/mol. The summed E-state index contributed by atoms with van der Waals surface area (Å²) in [6.07, 6.45) is 6.55.